The summed E-state index contributed by atoms with van der Waals surface area (Å²) in [5.74, 6) is 2.01. The van der Waals surface area contributed by atoms with Gasteiger partial charge in [0.05, 0.1) is 0 Å². The number of hydrogen-bond acceptors (Lipinski definition) is 5. The topological polar surface area (TPSA) is 33.5 Å². The van der Waals surface area contributed by atoms with Gasteiger partial charge in [-0.1, -0.05) is 260 Å². The molecule has 13 rings (SSSR count). The van der Waals surface area contributed by atoms with E-state index in [-0.39, 0.29) is 59.0 Å². The Labute approximate surface area is 584 Å². The molecule has 0 spiro atoms. The minimum absolute atomic E-state index is 0. The van der Waals surface area contributed by atoms with Gasteiger partial charge in [-0.05, 0) is 135 Å². The average Bonchev–Trinajstić information content (AvgIpc) is 1.58. The van der Waals surface area contributed by atoms with Crippen LogP contribution in [0.5, 0.6) is 11.5 Å². The Bertz CT molecular complexity index is 4780. The van der Waals surface area contributed by atoms with E-state index in [1.54, 1.807) is 0 Å². The number of pyridine rings is 1. The molecule has 1 aliphatic rings. The molecule has 0 saturated heterocycles. The van der Waals surface area contributed by atoms with E-state index in [0.29, 0.717) is 11.5 Å². The van der Waals surface area contributed by atoms with E-state index in [0.717, 1.165) is 61.7 Å². The maximum atomic E-state index is 7.41. The Morgan fingerprint density at radius 2 is 0.937 bits per heavy atom. The second-order valence-electron chi connectivity index (χ2n) is 33.6. The van der Waals surface area contributed by atoms with E-state index in [9.17, 15) is 0 Å². The average molecular weight is 1450 g/mol. The monoisotopic (exact) mass is 1450 g/mol. The fraction of sp³-hybridized carbons (Fsp3) is 0.318. The minimum Gasteiger partial charge on any atom is -0.509 e. The summed E-state index contributed by atoms with van der Waals surface area (Å²) >= 11 is 1.85. The number of para-hydroxylation sites is 3. The first kappa shape index (κ1) is 67.2. The van der Waals surface area contributed by atoms with Gasteiger partial charge in [0, 0.05) is 92.6 Å². The van der Waals surface area contributed by atoms with Gasteiger partial charge < -0.3 is 19.1 Å². The van der Waals surface area contributed by atoms with E-state index in [1.165, 1.54) is 81.2 Å². The van der Waals surface area contributed by atoms with Crippen molar-refractivity contribution in [2.24, 2.45) is 0 Å². The van der Waals surface area contributed by atoms with Gasteiger partial charge >= 0.3 is 0 Å². The van der Waals surface area contributed by atoms with Crippen LogP contribution in [0.25, 0.3) is 81.2 Å². The predicted octanol–water partition coefficient (Wildman–Crippen LogP) is 25.4. The molecule has 0 unspecified atom stereocenters. The summed E-state index contributed by atoms with van der Waals surface area (Å²) < 4.78 is 12.2. The van der Waals surface area contributed by atoms with Crippen LogP contribution in [0.1, 0.15) is 184 Å². The number of aromatic nitrogens is 2. The summed E-state index contributed by atoms with van der Waals surface area (Å²) in [5.41, 5.74) is 21.1. The molecule has 0 radical (unpaired) electrons. The summed E-state index contributed by atoms with van der Waals surface area (Å²) in [5, 5.41) is 4.80. The van der Waals surface area contributed by atoms with Crippen LogP contribution in [-0.2, 0) is 59.0 Å². The van der Waals surface area contributed by atoms with Gasteiger partial charge in [0.15, 0.2) is 0 Å². The van der Waals surface area contributed by atoms with Crippen LogP contribution in [0.2, 0.25) is 0 Å². The van der Waals surface area contributed by atoms with Gasteiger partial charge in [-0.3, -0.25) is 0 Å². The van der Waals surface area contributed by atoms with Crippen molar-refractivity contribution >= 4 is 76.1 Å². The molecule has 0 N–H and O–H groups in total. The van der Waals surface area contributed by atoms with Gasteiger partial charge in [-0.25, -0.2) is 4.98 Å². The number of nitrogens with zero attached hydrogens (tertiary/aromatic N) is 4. The molecule has 7 heteroatoms. The zero-order valence-corrected chi connectivity index (χ0v) is 62.8. The Balaban J connectivity index is 0.00000864. The Morgan fingerprint density at radius 1 is 0.421 bits per heavy atom. The molecular weight excluding hydrogens is 1360 g/mol. The molecule has 5 nitrogen and oxygen atoms in total. The van der Waals surface area contributed by atoms with E-state index in [4.69, 9.17) is 9.72 Å². The molecule has 490 valence electrons. The van der Waals surface area contributed by atoms with Crippen LogP contribution >= 0.6 is 11.3 Å². The van der Waals surface area contributed by atoms with E-state index < -0.39 is 0 Å². The van der Waals surface area contributed by atoms with E-state index in [1.807, 2.05) is 17.5 Å². The third kappa shape index (κ3) is 12.6. The minimum atomic E-state index is -0.195. The van der Waals surface area contributed by atoms with Crippen LogP contribution in [0, 0.1) is 18.8 Å². The second kappa shape index (κ2) is 23.8. The van der Waals surface area contributed by atoms with Crippen molar-refractivity contribution in [3.05, 3.63) is 234 Å². The molecule has 4 heterocycles. The number of thiophene rings is 1. The summed E-state index contributed by atoms with van der Waals surface area (Å²) in [4.78, 5) is 9.92. The number of hydrogen-bond donors (Lipinski definition) is 0. The number of ether oxygens (including phenoxy) is 1. The van der Waals surface area contributed by atoms with Crippen molar-refractivity contribution in [2.45, 2.75) is 183 Å². The van der Waals surface area contributed by atoms with Crippen LogP contribution in [-0.4, -0.2) is 9.55 Å². The van der Waals surface area contributed by atoms with Crippen LogP contribution in [0.4, 0.5) is 22.7 Å². The second-order valence-corrected chi connectivity index (χ2v) is 34.7. The molecule has 95 heavy (non-hydrogen) atoms. The van der Waals surface area contributed by atoms with Gasteiger partial charge in [-0.15, -0.1) is 65.0 Å². The Hall–Kier alpha value is -7.76. The summed E-state index contributed by atoms with van der Waals surface area (Å²) in [6.45, 7) is 51.1. The fourth-order valence-electron chi connectivity index (χ4n) is 13.6. The van der Waals surface area contributed by atoms with Crippen molar-refractivity contribution in [1.29, 1.82) is 0 Å². The first-order chi connectivity index (χ1) is 44.0. The molecule has 1 aliphatic heterocycles. The zero-order valence-electron chi connectivity index (χ0n) is 59.7. The maximum Gasteiger partial charge on any atom is 0.135 e. The van der Waals surface area contributed by atoms with Crippen molar-refractivity contribution in [3.63, 3.8) is 0 Å². The van der Waals surface area contributed by atoms with Crippen LogP contribution in [0.15, 0.2) is 176 Å². The number of fused-ring (bicyclic) bond motifs is 8. The fourth-order valence-corrected chi connectivity index (χ4v) is 14.9. The normalized spacial score (nSPS) is 13.6. The number of benzene rings is 9. The van der Waals surface area contributed by atoms with Crippen LogP contribution in [0.3, 0.4) is 0 Å². The molecule has 0 bridgehead atoms. The SMILES string of the molecule is CC(C)(C)c1cc(-c2cccc(-c3cc(C(C)(C)C)cc(C(C)(C)C)c3)c2N2[CH-]N(c3[c-]c(Oc4[c-]c5c(cc4)c4c6sc7ccccc7c6ccc4n5-c4cc(C(C)(C)C)ccn4)cc(-c4c(C(C)(C)C)cccc4C(C)(C)C)c3)c3ccccc32)cc(C(C)(C)C)c1.[Pt]. The van der Waals surface area contributed by atoms with E-state index in [2.05, 4.69) is 348 Å². The largest absolute Gasteiger partial charge is 0.509 e. The maximum absolute atomic E-state index is 7.41. The molecule has 9 aromatic carbocycles. The van der Waals surface area contributed by atoms with E-state index >= 15 is 0 Å². The molecule has 0 aliphatic carbocycles. The molecule has 12 aromatic rings. The number of rotatable bonds is 8. The van der Waals surface area contributed by atoms with Crippen molar-refractivity contribution in [3.8, 4) is 50.7 Å². The van der Waals surface area contributed by atoms with Gasteiger partial charge in [0.25, 0.3) is 0 Å². The first-order valence-corrected chi connectivity index (χ1v) is 34.5. The first-order valence-electron chi connectivity index (χ1n) is 33.7. The molecule has 0 atom stereocenters. The molecule has 3 aromatic heterocycles. The van der Waals surface area contributed by atoms with Gasteiger partial charge in [-0.2, -0.15) is 6.07 Å². The Morgan fingerprint density at radius 3 is 1.48 bits per heavy atom. The standard InChI is InChI=1S/C88H93N4OS.Pt/c1-82(2,3)57-40-41-89-77(50-57)92-74-39-38-68-67-28-22-25-35-76(67)94-81(68)79(74)69-37-36-63(52-75(69)92)93-64-47-56(78-70(87(16,17)18)31-27-32-71(78)88(19,20)21)46-62(51-64)90-53-91(73-34-24-23-33-72(73)90)80-65(54-42-58(83(4,5)6)48-59(43-54)84(7,8)9)29-26-30-66(80)55-44-60(85(10,11)12)49-61(45-55)86(13,14)15;/h22-50,53H,1-21H3;/q-3;. The van der Waals surface area contributed by atoms with Gasteiger partial charge in [0.2, 0.25) is 0 Å². The summed E-state index contributed by atoms with van der Waals surface area (Å²) in [6.07, 6.45) is 1.95. The Kier molecular flexibility index (Phi) is 16.8. The molecule has 0 fully saturated rings. The smallest absolute Gasteiger partial charge is 0.135 e. The quantitative estimate of drug-likeness (QED) is 0.142. The van der Waals surface area contributed by atoms with Gasteiger partial charge in [0.1, 0.15) is 5.82 Å². The zero-order chi connectivity index (χ0) is 67.1. The predicted molar refractivity (Wildman–Crippen MR) is 404 cm³/mol. The third-order valence-corrected chi connectivity index (χ3v) is 20.3. The summed E-state index contributed by atoms with van der Waals surface area (Å²) in [6, 6.07) is 71.8. The molecule has 0 amide bonds. The molecule has 0 saturated carbocycles. The third-order valence-electron chi connectivity index (χ3n) is 19.1. The van der Waals surface area contributed by atoms with Crippen LogP contribution < -0.4 is 14.5 Å². The van der Waals surface area contributed by atoms with Crippen molar-refractivity contribution < 1.29 is 25.8 Å². The summed E-state index contributed by atoms with van der Waals surface area (Å²) in [7, 11) is 0. The van der Waals surface area contributed by atoms with Crippen molar-refractivity contribution in [2.75, 3.05) is 9.80 Å². The van der Waals surface area contributed by atoms with Crippen molar-refractivity contribution in [1.82, 2.24) is 9.55 Å². The molecular formula is C88H93N4OPtS-3. The number of anilines is 4.